The number of aryl methyl sites for hydroxylation is 1. The average Bonchev–Trinajstić information content (AvgIpc) is 3.07. The van der Waals surface area contributed by atoms with E-state index >= 15 is 0 Å². The molecule has 1 fully saturated rings. The average molecular weight is 332 g/mol. The minimum Gasteiger partial charge on any atom is -0.389 e. The minimum absolute atomic E-state index is 0.516. The molecule has 3 rings (SSSR count). The van der Waals surface area contributed by atoms with Gasteiger partial charge in [0.1, 0.15) is 17.9 Å². The quantitative estimate of drug-likeness (QED) is 0.873. The van der Waals surface area contributed by atoms with Gasteiger partial charge in [0.2, 0.25) is 0 Å². The van der Waals surface area contributed by atoms with Crippen LogP contribution in [0.15, 0.2) is 34.9 Å². The smallest absolute Gasteiger partial charge is 0.168 e. The lowest BCUT2D eigenvalue weighted by Gasteiger charge is -2.30. The molecular formula is C18H24N2O4. The molecule has 0 amide bonds. The second-order valence-corrected chi connectivity index (χ2v) is 6.12. The van der Waals surface area contributed by atoms with Crippen LogP contribution < -0.4 is 0 Å². The summed E-state index contributed by atoms with van der Waals surface area (Å²) in [6, 6.07) is 9.91. The van der Waals surface area contributed by atoms with Crippen LogP contribution in [0.4, 0.5) is 0 Å². The molecular weight excluding hydrogens is 308 g/mol. The normalized spacial score (nSPS) is 18.5. The SMILES string of the molecule is COC(c1cc(-c2ccc(C)cc2)no1)C(O)CN1CCOCC1. The summed E-state index contributed by atoms with van der Waals surface area (Å²) < 4.78 is 16.2. The van der Waals surface area contributed by atoms with Crippen molar-refractivity contribution in [1.82, 2.24) is 10.1 Å². The Labute approximate surface area is 142 Å². The Kier molecular flexibility index (Phi) is 5.63. The molecule has 6 nitrogen and oxygen atoms in total. The zero-order chi connectivity index (χ0) is 16.9. The summed E-state index contributed by atoms with van der Waals surface area (Å²) in [4.78, 5) is 2.16. The molecule has 1 aromatic heterocycles. The molecule has 6 heteroatoms. The number of hydrogen-bond acceptors (Lipinski definition) is 6. The van der Waals surface area contributed by atoms with Crippen molar-refractivity contribution >= 4 is 0 Å². The molecule has 2 unspecified atom stereocenters. The van der Waals surface area contributed by atoms with Gasteiger partial charge in [-0.2, -0.15) is 0 Å². The topological polar surface area (TPSA) is 68.0 Å². The molecule has 2 heterocycles. The molecule has 2 atom stereocenters. The summed E-state index contributed by atoms with van der Waals surface area (Å²) in [7, 11) is 1.57. The molecule has 1 saturated heterocycles. The van der Waals surface area contributed by atoms with E-state index in [0.717, 1.165) is 24.3 Å². The largest absolute Gasteiger partial charge is 0.389 e. The third-order valence-corrected chi connectivity index (χ3v) is 4.31. The lowest BCUT2D eigenvalue weighted by molar-refractivity contribution is -0.0554. The van der Waals surface area contributed by atoms with E-state index in [1.807, 2.05) is 37.3 Å². The zero-order valence-electron chi connectivity index (χ0n) is 14.1. The maximum absolute atomic E-state index is 10.5. The number of methoxy groups -OCH3 is 1. The molecule has 1 aliphatic heterocycles. The second-order valence-electron chi connectivity index (χ2n) is 6.12. The lowest BCUT2D eigenvalue weighted by atomic mass is 10.1. The summed E-state index contributed by atoms with van der Waals surface area (Å²) in [6.07, 6.45) is -1.23. The number of benzene rings is 1. The van der Waals surface area contributed by atoms with Gasteiger partial charge in [-0.25, -0.2) is 0 Å². The molecule has 0 radical (unpaired) electrons. The van der Waals surface area contributed by atoms with Crippen LogP contribution in [0.5, 0.6) is 0 Å². The number of β-amino-alcohol motifs (C(OH)–C–C–N with tert-alkyl or cyclic N) is 1. The molecule has 1 aromatic carbocycles. The number of hydrogen-bond donors (Lipinski definition) is 1. The first kappa shape index (κ1) is 17.1. The van der Waals surface area contributed by atoms with E-state index in [2.05, 4.69) is 10.1 Å². The standard InChI is InChI=1S/C18H24N2O4/c1-13-3-5-14(6-4-13)15-11-17(24-19-15)18(22-2)16(21)12-20-7-9-23-10-8-20/h3-6,11,16,18,21H,7-10,12H2,1-2H3. The van der Waals surface area contributed by atoms with Gasteiger partial charge in [0.05, 0.1) is 13.2 Å². The highest BCUT2D eigenvalue weighted by Gasteiger charge is 2.27. The van der Waals surface area contributed by atoms with Crippen molar-refractivity contribution in [3.05, 3.63) is 41.7 Å². The third kappa shape index (κ3) is 4.02. The molecule has 0 spiro atoms. The molecule has 130 valence electrons. The molecule has 0 aliphatic carbocycles. The highest BCUT2D eigenvalue weighted by molar-refractivity contribution is 5.59. The van der Waals surface area contributed by atoms with E-state index in [-0.39, 0.29) is 0 Å². The third-order valence-electron chi connectivity index (χ3n) is 4.31. The van der Waals surface area contributed by atoms with Gasteiger partial charge in [-0.15, -0.1) is 0 Å². The van der Waals surface area contributed by atoms with Crippen LogP contribution in [0.2, 0.25) is 0 Å². The van der Waals surface area contributed by atoms with Crippen LogP contribution in [-0.4, -0.2) is 61.2 Å². The number of nitrogens with zero attached hydrogens (tertiary/aromatic N) is 2. The number of ether oxygens (including phenoxy) is 2. The summed E-state index contributed by atoms with van der Waals surface area (Å²) in [6.45, 7) is 5.59. The Balaban J connectivity index is 1.69. The van der Waals surface area contributed by atoms with Gasteiger partial charge in [-0.1, -0.05) is 35.0 Å². The maximum Gasteiger partial charge on any atom is 0.168 e. The van der Waals surface area contributed by atoms with Gasteiger partial charge in [0.15, 0.2) is 5.76 Å². The maximum atomic E-state index is 10.5. The van der Waals surface area contributed by atoms with Crippen LogP contribution >= 0.6 is 0 Å². The van der Waals surface area contributed by atoms with Gasteiger partial charge >= 0.3 is 0 Å². The first-order valence-electron chi connectivity index (χ1n) is 8.22. The molecule has 0 saturated carbocycles. The first-order chi connectivity index (χ1) is 11.7. The fourth-order valence-electron chi connectivity index (χ4n) is 2.89. The van der Waals surface area contributed by atoms with E-state index < -0.39 is 12.2 Å². The summed E-state index contributed by atoms with van der Waals surface area (Å²) in [5.41, 5.74) is 2.91. The monoisotopic (exact) mass is 332 g/mol. The van der Waals surface area contributed by atoms with Gasteiger partial charge in [0, 0.05) is 38.4 Å². The Hall–Kier alpha value is -1.73. The Morgan fingerprint density at radius 1 is 1.25 bits per heavy atom. The molecule has 1 N–H and O–H groups in total. The van der Waals surface area contributed by atoms with Gasteiger partial charge in [-0.05, 0) is 6.92 Å². The van der Waals surface area contributed by atoms with Crippen molar-refractivity contribution in [2.24, 2.45) is 0 Å². The van der Waals surface area contributed by atoms with Gasteiger partial charge in [0.25, 0.3) is 0 Å². The Morgan fingerprint density at radius 3 is 2.62 bits per heavy atom. The van der Waals surface area contributed by atoms with Crippen molar-refractivity contribution < 1.29 is 19.1 Å². The van der Waals surface area contributed by atoms with Crippen LogP contribution in [0, 0.1) is 6.92 Å². The van der Waals surface area contributed by atoms with Crippen molar-refractivity contribution in [2.45, 2.75) is 19.1 Å². The van der Waals surface area contributed by atoms with Crippen LogP contribution in [-0.2, 0) is 9.47 Å². The fourth-order valence-corrected chi connectivity index (χ4v) is 2.89. The van der Waals surface area contributed by atoms with Crippen LogP contribution in [0.3, 0.4) is 0 Å². The predicted octanol–water partition coefficient (Wildman–Crippen LogP) is 2.03. The molecule has 24 heavy (non-hydrogen) atoms. The fraction of sp³-hybridized carbons (Fsp3) is 0.500. The summed E-state index contributed by atoms with van der Waals surface area (Å²) in [5, 5.41) is 14.7. The Bertz CT molecular complexity index is 635. The van der Waals surface area contributed by atoms with Crippen LogP contribution in [0.25, 0.3) is 11.3 Å². The molecule has 1 aliphatic rings. The van der Waals surface area contributed by atoms with Crippen molar-refractivity contribution in [3.63, 3.8) is 0 Å². The van der Waals surface area contributed by atoms with Crippen molar-refractivity contribution in [2.75, 3.05) is 40.0 Å². The van der Waals surface area contributed by atoms with E-state index in [1.165, 1.54) is 5.56 Å². The molecule has 2 aromatic rings. The number of aliphatic hydroxyl groups is 1. The van der Waals surface area contributed by atoms with Crippen molar-refractivity contribution in [3.8, 4) is 11.3 Å². The lowest BCUT2D eigenvalue weighted by Crippen LogP contribution is -2.42. The van der Waals surface area contributed by atoms with Crippen LogP contribution in [0.1, 0.15) is 17.4 Å². The first-order valence-corrected chi connectivity index (χ1v) is 8.22. The predicted molar refractivity (Wildman–Crippen MR) is 89.7 cm³/mol. The highest BCUT2D eigenvalue weighted by atomic mass is 16.5. The number of aromatic nitrogens is 1. The second kappa shape index (κ2) is 7.90. The van der Waals surface area contributed by atoms with E-state index in [0.29, 0.717) is 25.5 Å². The van der Waals surface area contributed by atoms with E-state index in [9.17, 15) is 5.11 Å². The number of aliphatic hydroxyl groups excluding tert-OH is 1. The van der Waals surface area contributed by atoms with Gasteiger partial charge in [-0.3, -0.25) is 4.90 Å². The van der Waals surface area contributed by atoms with E-state index in [1.54, 1.807) is 7.11 Å². The zero-order valence-corrected chi connectivity index (χ0v) is 14.1. The summed E-state index contributed by atoms with van der Waals surface area (Å²) >= 11 is 0. The molecule has 0 bridgehead atoms. The highest BCUT2D eigenvalue weighted by Crippen LogP contribution is 2.27. The number of morpholine rings is 1. The minimum atomic E-state index is -0.688. The number of rotatable bonds is 6. The van der Waals surface area contributed by atoms with Gasteiger partial charge < -0.3 is 19.1 Å². The van der Waals surface area contributed by atoms with E-state index in [4.69, 9.17) is 14.0 Å². The Morgan fingerprint density at radius 2 is 1.96 bits per heavy atom. The van der Waals surface area contributed by atoms with Crippen molar-refractivity contribution in [1.29, 1.82) is 0 Å². The summed E-state index contributed by atoms with van der Waals surface area (Å²) in [5.74, 6) is 0.536.